The molecule has 1 heterocycles. The average molecular weight is 452 g/mol. The third kappa shape index (κ3) is 4.24. The molecule has 3 atom stereocenters. The number of fused-ring (bicyclic) bond motifs is 1. The molecule has 0 aliphatic heterocycles. The Morgan fingerprint density at radius 1 is 1.03 bits per heavy atom. The van der Waals surface area contributed by atoms with E-state index in [0.29, 0.717) is 34.6 Å². The van der Waals surface area contributed by atoms with Crippen LogP contribution < -0.4 is 19.5 Å². The lowest BCUT2D eigenvalue weighted by Crippen LogP contribution is -2.43. The fourth-order valence-corrected chi connectivity index (χ4v) is 4.90. The number of nitrogens with one attached hydrogen (secondary N) is 1. The van der Waals surface area contributed by atoms with E-state index in [1.807, 2.05) is 41.8 Å². The molecule has 0 radical (unpaired) electrons. The number of hydrogen-bond donors (Lipinski definition) is 1. The van der Waals surface area contributed by atoms with Gasteiger partial charge in [-0.05, 0) is 43.4 Å². The van der Waals surface area contributed by atoms with Gasteiger partial charge in [0.15, 0.2) is 11.5 Å². The van der Waals surface area contributed by atoms with Crippen LogP contribution in [0.1, 0.15) is 49.3 Å². The largest absolute Gasteiger partial charge is 0.493 e. The van der Waals surface area contributed by atoms with Crippen molar-refractivity contribution in [2.45, 2.75) is 46.1 Å². The lowest BCUT2D eigenvalue weighted by atomic mass is 9.78. The maximum Gasteiger partial charge on any atom is 0.251 e. The zero-order valence-corrected chi connectivity index (χ0v) is 20.3. The summed E-state index contributed by atoms with van der Waals surface area (Å²) < 4.78 is 18.5. The molecule has 4 rings (SSSR count). The Labute approximate surface area is 195 Å². The number of rotatable bonds is 6. The first-order valence-electron chi connectivity index (χ1n) is 11.5. The van der Waals surface area contributed by atoms with E-state index in [-0.39, 0.29) is 11.9 Å². The van der Waals surface area contributed by atoms with Crippen LogP contribution in [0.25, 0.3) is 16.7 Å². The van der Waals surface area contributed by atoms with E-state index < -0.39 is 0 Å². The number of amides is 1. The smallest absolute Gasteiger partial charge is 0.251 e. The van der Waals surface area contributed by atoms with E-state index in [1.165, 1.54) is 6.42 Å². The molecule has 1 aliphatic carbocycles. The number of aromatic nitrogens is 2. The number of benzene rings is 2. The predicted octanol–water partition coefficient (Wildman–Crippen LogP) is 4.91. The molecule has 33 heavy (non-hydrogen) atoms. The molecule has 3 aromatic rings. The Morgan fingerprint density at radius 2 is 1.73 bits per heavy atom. The maximum absolute atomic E-state index is 13.0. The third-order valence-electron chi connectivity index (χ3n) is 7.02. The summed E-state index contributed by atoms with van der Waals surface area (Å²) >= 11 is 0. The zero-order chi connectivity index (χ0) is 23.7. The van der Waals surface area contributed by atoms with E-state index in [0.717, 1.165) is 35.4 Å². The molecule has 1 N–H and O–H groups in total. The van der Waals surface area contributed by atoms with Crippen molar-refractivity contribution in [2.75, 3.05) is 21.3 Å². The van der Waals surface area contributed by atoms with Crippen LogP contribution in [-0.2, 0) is 0 Å². The molecule has 0 spiro atoms. The van der Waals surface area contributed by atoms with Gasteiger partial charge in [-0.15, -0.1) is 0 Å². The first-order valence-corrected chi connectivity index (χ1v) is 11.5. The van der Waals surface area contributed by atoms with Crippen molar-refractivity contribution in [3.63, 3.8) is 0 Å². The van der Waals surface area contributed by atoms with Crippen LogP contribution in [0.4, 0.5) is 0 Å². The summed E-state index contributed by atoms with van der Waals surface area (Å²) in [6.45, 7) is 6.45. The molecule has 1 aliphatic rings. The minimum atomic E-state index is -0.0390. The summed E-state index contributed by atoms with van der Waals surface area (Å²) in [5.74, 6) is 3.54. The fourth-order valence-electron chi connectivity index (χ4n) is 4.90. The van der Waals surface area contributed by atoms with Crippen molar-refractivity contribution in [3.8, 4) is 22.9 Å². The monoisotopic (exact) mass is 451 g/mol. The standard InChI is InChI=1S/C26H33N3O4/c1-15-8-7-9-20(16(15)2)28-26(30)18-10-11-22-21(12-18)27-17(3)29(22)19-13-23(31-4)25(33-6)24(14-19)32-5/h10-16,20H,7-9H2,1-6H3,(H,28,30)/t15-,16-,20+/m0/s1. The summed E-state index contributed by atoms with van der Waals surface area (Å²) in [4.78, 5) is 17.7. The average Bonchev–Trinajstić information content (AvgIpc) is 3.15. The Kier molecular flexibility index (Phi) is 6.49. The van der Waals surface area contributed by atoms with Gasteiger partial charge >= 0.3 is 0 Å². The second-order valence-corrected chi connectivity index (χ2v) is 8.93. The number of carbonyl (C=O) groups excluding carboxylic acids is 1. The van der Waals surface area contributed by atoms with Crippen LogP contribution in [-0.4, -0.2) is 42.8 Å². The Morgan fingerprint density at radius 3 is 2.36 bits per heavy atom. The van der Waals surface area contributed by atoms with Gasteiger partial charge in [-0.1, -0.05) is 26.7 Å². The molecule has 7 heteroatoms. The minimum Gasteiger partial charge on any atom is -0.493 e. The number of aryl methyl sites for hydroxylation is 1. The normalized spacial score (nSPS) is 20.5. The highest BCUT2D eigenvalue weighted by molar-refractivity contribution is 5.97. The van der Waals surface area contributed by atoms with Crippen molar-refractivity contribution in [1.29, 1.82) is 0 Å². The van der Waals surface area contributed by atoms with Crippen molar-refractivity contribution < 1.29 is 19.0 Å². The van der Waals surface area contributed by atoms with Gasteiger partial charge in [0.2, 0.25) is 5.75 Å². The Hall–Kier alpha value is -3.22. The fraction of sp³-hybridized carbons (Fsp3) is 0.462. The summed E-state index contributed by atoms with van der Waals surface area (Å²) in [5.41, 5.74) is 3.13. The molecule has 1 fully saturated rings. The molecule has 1 amide bonds. The second kappa shape index (κ2) is 9.33. The van der Waals surface area contributed by atoms with Crippen LogP contribution >= 0.6 is 0 Å². The number of nitrogens with zero attached hydrogens (tertiary/aromatic N) is 2. The summed E-state index contributed by atoms with van der Waals surface area (Å²) in [6.07, 6.45) is 3.43. The SMILES string of the molecule is COc1cc(-n2c(C)nc3cc(C(=O)N[C@@H]4CCC[C@H](C)[C@@H]4C)ccc32)cc(OC)c1OC. The van der Waals surface area contributed by atoms with Crippen LogP contribution in [0.3, 0.4) is 0 Å². The van der Waals surface area contributed by atoms with Gasteiger partial charge in [-0.3, -0.25) is 9.36 Å². The minimum absolute atomic E-state index is 0.0390. The molecule has 1 saturated carbocycles. The zero-order valence-electron chi connectivity index (χ0n) is 20.3. The van der Waals surface area contributed by atoms with E-state index in [1.54, 1.807) is 21.3 Å². The van der Waals surface area contributed by atoms with E-state index in [9.17, 15) is 4.79 Å². The maximum atomic E-state index is 13.0. The van der Waals surface area contributed by atoms with Gasteiger partial charge < -0.3 is 19.5 Å². The molecule has 176 valence electrons. The van der Waals surface area contributed by atoms with Gasteiger partial charge in [0, 0.05) is 23.7 Å². The lowest BCUT2D eigenvalue weighted by Gasteiger charge is -2.34. The molecule has 7 nitrogen and oxygen atoms in total. The van der Waals surface area contributed by atoms with Crippen LogP contribution in [0, 0.1) is 18.8 Å². The van der Waals surface area contributed by atoms with Crippen molar-refractivity contribution >= 4 is 16.9 Å². The van der Waals surface area contributed by atoms with E-state index in [2.05, 4.69) is 19.2 Å². The highest BCUT2D eigenvalue weighted by atomic mass is 16.5. The highest BCUT2D eigenvalue weighted by Crippen LogP contribution is 2.40. The van der Waals surface area contributed by atoms with Crippen molar-refractivity contribution in [3.05, 3.63) is 41.7 Å². The van der Waals surface area contributed by atoms with E-state index in [4.69, 9.17) is 19.2 Å². The van der Waals surface area contributed by atoms with Gasteiger partial charge in [0.05, 0.1) is 38.1 Å². The number of carbonyl (C=O) groups is 1. The lowest BCUT2D eigenvalue weighted by molar-refractivity contribution is 0.0891. The van der Waals surface area contributed by atoms with Gasteiger partial charge in [-0.2, -0.15) is 0 Å². The van der Waals surface area contributed by atoms with Crippen molar-refractivity contribution in [2.24, 2.45) is 11.8 Å². The molecule has 1 aromatic heterocycles. The molecule has 2 aromatic carbocycles. The van der Waals surface area contributed by atoms with Crippen LogP contribution in [0.5, 0.6) is 17.2 Å². The number of imidazole rings is 1. The second-order valence-electron chi connectivity index (χ2n) is 8.93. The summed E-state index contributed by atoms with van der Waals surface area (Å²) in [7, 11) is 4.77. The molecule has 0 unspecified atom stereocenters. The Bertz CT molecular complexity index is 1140. The molecular formula is C26H33N3O4. The number of ether oxygens (including phenoxy) is 3. The Balaban J connectivity index is 1.68. The molecular weight excluding hydrogens is 418 g/mol. The van der Waals surface area contributed by atoms with Crippen LogP contribution in [0.15, 0.2) is 30.3 Å². The first-order chi connectivity index (χ1) is 15.9. The first kappa shape index (κ1) is 23.0. The van der Waals surface area contributed by atoms with Gasteiger partial charge in [-0.25, -0.2) is 4.98 Å². The summed E-state index contributed by atoms with van der Waals surface area (Å²) in [5, 5.41) is 3.26. The quantitative estimate of drug-likeness (QED) is 0.576. The molecule has 0 saturated heterocycles. The van der Waals surface area contributed by atoms with Crippen molar-refractivity contribution in [1.82, 2.24) is 14.9 Å². The summed E-state index contributed by atoms with van der Waals surface area (Å²) in [6, 6.07) is 9.67. The number of hydrogen-bond acceptors (Lipinski definition) is 5. The highest BCUT2D eigenvalue weighted by Gasteiger charge is 2.28. The van der Waals surface area contributed by atoms with Gasteiger partial charge in [0.1, 0.15) is 5.82 Å². The van der Waals surface area contributed by atoms with Gasteiger partial charge in [0.25, 0.3) is 5.91 Å². The topological polar surface area (TPSA) is 74.6 Å². The molecule has 0 bridgehead atoms. The predicted molar refractivity (Wildman–Crippen MR) is 129 cm³/mol. The third-order valence-corrected chi connectivity index (χ3v) is 7.02. The van der Waals surface area contributed by atoms with Crippen LogP contribution in [0.2, 0.25) is 0 Å². The number of methoxy groups -OCH3 is 3. The van der Waals surface area contributed by atoms with E-state index >= 15 is 0 Å².